The molecule has 0 bridgehead atoms. The molecule has 0 aromatic carbocycles. The lowest BCUT2D eigenvalue weighted by Crippen LogP contribution is -2.27. The summed E-state index contributed by atoms with van der Waals surface area (Å²) < 4.78 is 38.4. The van der Waals surface area contributed by atoms with Crippen molar-refractivity contribution < 1.29 is 13.2 Å². The van der Waals surface area contributed by atoms with Crippen molar-refractivity contribution in [3.63, 3.8) is 0 Å². The van der Waals surface area contributed by atoms with Crippen LogP contribution in [0.15, 0.2) is 47.5 Å². The molecule has 0 fully saturated rings. The summed E-state index contributed by atoms with van der Waals surface area (Å²) in [7, 11) is 0. The molecule has 6 heteroatoms. The summed E-state index contributed by atoms with van der Waals surface area (Å²) in [6.45, 7) is 0. The standard InChI is InChI=1S/C11H7F3N2O/c12-11(13,14)8-4-3-7-16(10(8)17)9-5-1-2-6-15-9/h1-7H. The fourth-order valence-electron chi connectivity index (χ4n) is 1.39. The van der Waals surface area contributed by atoms with Gasteiger partial charge in [-0.25, -0.2) is 4.98 Å². The normalized spacial score (nSPS) is 11.5. The summed E-state index contributed by atoms with van der Waals surface area (Å²) in [4.78, 5) is 15.4. The summed E-state index contributed by atoms with van der Waals surface area (Å²) in [5.41, 5.74) is -2.33. The van der Waals surface area contributed by atoms with Crippen LogP contribution in [-0.4, -0.2) is 9.55 Å². The van der Waals surface area contributed by atoms with Crippen LogP contribution in [0.5, 0.6) is 0 Å². The fourth-order valence-corrected chi connectivity index (χ4v) is 1.39. The monoisotopic (exact) mass is 240 g/mol. The second-order valence-electron chi connectivity index (χ2n) is 3.28. The van der Waals surface area contributed by atoms with E-state index >= 15 is 0 Å². The Bertz CT molecular complexity index is 575. The van der Waals surface area contributed by atoms with E-state index in [9.17, 15) is 18.0 Å². The molecular formula is C11H7F3N2O. The Balaban J connectivity index is 2.63. The van der Waals surface area contributed by atoms with Crippen LogP contribution in [0.3, 0.4) is 0 Å². The van der Waals surface area contributed by atoms with E-state index in [1.54, 1.807) is 12.1 Å². The van der Waals surface area contributed by atoms with Crippen LogP contribution in [-0.2, 0) is 6.18 Å². The zero-order valence-electron chi connectivity index (χ0n) is 8.48. The molecule has 0 aliphatic heterocycles. The topological polar surface area (TPSA) is 34.9 Å². The Kier molecular flexibility index (Phi) is 2.71. The molecule has 2 rings (SSSR count). The maximum absolute atomic E-state index is 12.5. The lowest BCUT2D eigenvalue weighted by Gasteiger charge is -2.09. The molecule has 0 aliphatic carbocycles. The van der Waals surface area contributed by atoms with E-state index < -0.39 is 17.3 Å². The number of rotatable bonds is 1. The van der Waals surface area contributed by atoms with Gasteiger partial charge in [-0.2, -0.15) is 13.2 Å². The van der Waals surface area contributed by atoms with Crippen LogP contribution in [0.4, 0.5) is 13.2 Å². The first-order valence-electron chi connectivity index (χ1n) is 4.70. The lowest BCUT2D eigenvalue weighted by atomic mass is 10.2. The van der Waals surface area contributed by atoms with Crippen LogP contribution in [0, 0.1) is 0 Å². The zero-order valence-corrected chi connectivity index (χ0v) is 8.48. The Hall–Kier alpha value is -2.11. The highest BCUT2D eigenvalue weighted by atomic mass is 19.4. The average molecular weight is 240 g/mol. The van der Waals surface area contributed by atoms with Gasteiger partial charge in [0.15, 0.2) is 0 Å². The molecule has 2 heterocycles. The first kappa shape index (κ1) is 11.4. The largest absolute Gasteiger partial charge is 0.421 e. The molecule has 0 atom stereocenters. The average Bonchev–Trinajstić information content (AvgIpc) is 2.29. The SMILES string of the molecule is O=c1c(C(F)(F)F)cccn1-c1ccccn1. The second kappa shape index (κ2) is 4.04. The van der Waals surface area contributed by atoms with Crippen LogP contribution in [0.25, 0.3) is 5.82 Å². The Morgan fingerprint density at radius 1 is 1.12 bits per heavy atom. The predicted octanol–water partition coefficient (Wildman–Crippen LogP) is 2.25. The second-order valence-corrected chi connectivity index (χ2v) is 3.28. The van der Waals surface area contributed by atoms with Gasteiger partial charge in [0.2, 0.25) is 0 Å². The lowest BCUT2D eigenvalue weighted by molar-refractivity contribution is -0.138. The third kappa shape index (κ3) is 2.20. The summed E-state index contributed by atoms with van der Waals surface area (Å²) in [5.74, 6) is 0.156. The third-order valence-electron chi connectivity index (χ3n) is 2.15. The highest BCUT2D eigenvalue weighted by Crippen LogP contribution is 2.26. The number of hydrogen-bond donors (Lipinski definition) is 0. The van der Waals surface area contributed by atoms with Crippen molar-refractivity contribution in [3.05, 3.63) is 58.6 Å². The Morgan fingerprint density at radius 2 is 1.88 bits per heavy atom. The van der Waals surface area contributed by atoms with Gasteiger partial charge in [-0.1, -0.05) is 6.07 Å². The minimum atomic E-state index is -4.66. The zero-order chi connectivity index (χ0) is 12.5. The van der Waals surface area contributed by atoms with Gasteiger partial charge in [-0.15, -0.1) is 0 Å². The smallest absolute Gasteiger partial charge is 0.268 e. The molecular weight excluding hydrogens is 233 g/mol. The number of pyridine rings is 2. The van der Waals surface area contributed by atoms with Crippen molar-refractivity contribution in [2.45, 2.75) is 6.18 Å². The predicted molar refractivity (Wildman–Crippen MR) is 54.8 cm³/mol. The minimum Gasteiger partial charge on any atom is -0.268 e. The van der Waals surface area contributed by atoms with Gasteiger partial charge in [0.05, 0.1) is 0 Å². The van der Waals surface area contributed by atoms with Gasteiger partial charge in [0.25, 0.3) is 5.56 Å². The molecule has 0 unspecified atom stereocenters. The van der Waals surface area contributed by atoms with Crippen LogP contribution >= 0.6 is 0 Å². The van der Waals surface area contributed by atoms with Crippen LogP contribution in [0.2, 0.25) is 0 Å². The number of halogens is 3. The van der Waals surface area contributed by atoms with Crippen LogP contribution < -0.4 is 5.56 Å². The molecule has 0 saturated heterocycles. The van der Waals surface area contributed by atoms with Crippen molar-refractivity contribution in [3.8, 4) is 5.82 Å². The van der Waals surface area contributed by atoms with Gasteiger partial charge < -0.3 is 0 Å². The van der Waals surface area contributed by atoms with Gasteiger partial charge >= 0.3 is 6.18 Å². The third-order valence-corrected chi connectivity index (χ3v) is 2.15. The molecule has 0 radical (unpaired) electrons. The van der Waals surface area contributed by atoms with E-state index in [1.165, 1.54) is 24.5 Å². The van der Waals surface area contributed by atoms with Gasteiger partial charge in [0.1, 0.15) is 11.4 Å². The Morgan fingerprint density at radius 3 is 2.47 bits per heavy atom. The van der Waals surface area contributed by atoms with Gasteiger partial charge in [0, 0.05) is 12.4 Å². The summed E-state index contributed by atoms with van der Waals surface area (Å²) in [5, 5.41) is 0. The highest BCUT2D eigenvalue weighted by Gasteiger charge is 2.34. The summed E-state index contributed by atoms with van der Waals surface area (Å²) in [6, 6.07) is 6.58. The van der Waals surface area contributed by atoms with Crippen molar-refractivity contribution in [2.24, 2.45) is 0 Å². The number of aromatic nitrogens is 2. The van der Waals surface area contributed by atoms with E-state index in [0.717, 1.165) is 10.6 Å². The van der Waals surface area contributed by atoms with Gasteiger partial charge in [-0.05, 0) is 24.3 Å². The first-order valence-corrected chi connectivity index (χ1v) is 4.70. The molecule has 0 saturated carbocycles. The van der Waals surface area contributed by atoms with E-state index in [-0.39, 0.29) is 5.82 Å². The summed E-state index contributed by atoms with van der Waals surface area (Å²) >= 11 is 0. The summed E-state index contributed by atoms with van der Waals surface area (Å²) in [6.07, 6.45) is -2.00. The van der Waals surface area contributed by atoms with Crippen molar-refractivity contribution in [1.82, 2.24) is 9.55 Å². The fraction of sp³-hybridized carbons (Fsp3) is 0.0909. The van der Waals surface area contributed by atoms with E-state index in [2.05, 4.69) is 4.98 Å². The number of hydrogen-bond acceptors (Lipinski definition) is 2. The number of nitrogens with zero attached hydrogens (tertiary/aromatic N) is 2. The molecule has 0 aliphatic rings. The van der Waals surface area contributed by atoms with E-state index in [0.29, 0.717) is 0 Å². The van der Waals surface area contributed by atoms with Crippen molar-refractivity contribution >= 4 is 0 Å². The van der Waals surface area contributed by atoms with E-state index in [4.69, 9.17) is 0 Å². The maximum Gasteiger partial charge on any atom is 0.421 e. The van der Waals surface area contributed by atoms with Crippen molar-refractivity contribution in [1.29, 1.82) is 0 Å². The molecule has 3 nitrogen and oxygen atoms in total. The molecule has 2 aromatic rings. The number of alkyl halides is 3. The first-order chi connectivity index (χ1) is 8.00. The molecule has 0 amide bonds. The highest BCUT2D eigenvalue weighted by molar-refractivity contribution is 5.25. The van der Waals surface area contributed by atoms with Crippen molar-refractivity contribution in [2.75, 3.05) is 0 Å². The molecule has 0 spiro atoms. The minimum absolute atomic E-state index is 0.156. The molecule has 88 valence electrons. The molecule has 17 heavy (non-hydrogen) atoms. The Labute approximate surface area is 94.2 Å². The maximum atomic E-state index is 12.5. The molecule has 0 N–H and O–H groups in total. The van der Waals surface area contributed by atoms with Gasteiger partial charge in [-0.3, -0.25) is 9.36 Å². The molecule has 2 aromatic heterocycles. The van der Waals surface area contributed by atoms with Crippen LogP contribution in [0.1, 0.15) is 5.56 Å². The quantitative estimate of drug-likeness (QED) is 0.766. The van der Waals surface area contributed by atoms with E-state index in [1.807, 2.05) is 0 Å².